The summed E-state index contributed by atoms with van der Waals surface area (Å²) in [7, 11) is 0. The topological polar surface area (TPSA) is 286 Å². The van der Waals surface area contributed by atoms with Crippen LogP contribution in [-0.4, -0.2) is 218 Å². The molecule has 1 aliphatic heterocycles. The van der Waals surface area contributed by atoms with Gasteiger partial charge in [-0.25, -0.2) is 0 Å². The van der Waals surface area contributed by atoms with Crippen LogP contribution >= 0.6 is 0 Å². The van der Waals surface area contributed by atoms with Crippen molar-refractivity contribution in [2.24, 2.45) is 0 Å². The lowest BCUT2D eigenvalue weighted by Crippen LogP contribution is -2.52. The molecule has 1 aromatic rings. The summed E-state index contributed by atoms with van der Waals surface area (Å²) in [6, 6.07) is 4.82. The molecule has 21 heteroatoms. The molecule has 0 radical (unpaired) electrons. The highest BCUT2D eigenvalue weighted by atomic mass is 16.6. The van der Waals surface area contributed by atoms with E-state index >= 15 is 0 Å². The molecule has 0 saturated carbocycles. The summed E-state index contributed by atoms with van der Waals surface area (Å²) >= 11 is 0. The molecule has 0 aliphatic carbocycles. The van der Waals surface area contributed by atoms with E-state index < -0.39 is 86.0 Å². The Labute approximate surface area is 298 Å². The molecule has 21 nitrogen and oxygen atoms in total. The number of nitro groups is 1. The van der Waals surface area contributed by atoms with E-state index in [0.29, 0.717) is 5.56 Å². The van der Waals surface area contributed by atoms with Gasteiger partial charge < -0.3 is 30.6 Å². The van der Waals surface area contributed by atoms with E-state index in [9.17, 15) is 69.5 Å². The number of carboxylic acid groups (broad SMARTS) is 6. The zero-order valence-electron chi connectivity index (χ0n) is 28.7. The van der Waals surface area contributed by atoms with Crippen LogP contribution in [0.15, 0.2) is 24.3 Å². The van der Waals surface area contributed by atoms with Crippen LogP contribution in [0.25, 0.3) is 0 Å². The number of nitrogens with zero attached hydrogens (tertiary/aromatic N) is 7. The number of rotatable bonds is 15. The molecule has 1 heterocycles. The quantitative estimate of drug-likeness (QED) is 0.0824. The molecule has 52 heavy (non-hydrogen) atoms. The van der Waals surface area contributed by atoms with Crippen molar-refractivity contribution in [3.63, 3.8) is 0 Å². The van der Waals surface area contributed by atoms with E-state index in [1.54, 1.807) is 4.90 Å². The standard InChI is InChI=1S/C31H47N7O14/c39-26(40)17-32-5-6-33(18-27(41)42)9-10-35(20-29(45)46)13-14-37(22-31(49)50)25(15-23-1-3-24(4-2-23)38(51)52)16-36(21-30(47)48)12-11-34(8-7-32)19-28(43)44/h1-4,25H,5-22H2,(H,39,40)(H,41,42)(H,43,44)(H,45,46)(H,47,48)(H,49,50). The fraction of sp³-hybridized carbons (Fsp3) is 0.613. The Morgan fingerprint density at radius 3 is 1.15 bits per heavy atom. The summed E-state index contributed by atoms with van der Waals surface area (Å²) in [4.78, 5) is 90.8. The van der Waals surface area contributed by atoms with Gasteiger partial charge in [0.15, 0.2) is 0 Å². The molecule has 1 unspecified atom stereocenters. The van der Waals surface area contributed by atoms with Crippen molar-refractivity contribution in [2.45, 2.75) is 12.5 Å². The molecule has 1 fully saturated rings. The third kappa shape index (κ3) is 17.9. The van der Waals surface area contributed by atoms with E-state index in [-0.39, 0.29) is 84.1 Å². The summed E-state index contributed by atoms with van der Waals surface area (Å²) in [5.74, 6) is -7.14. The summed E-state index contributed by atoms with van der Waals surface area (Å²) in [6.45, 7) is -2.45. The van der Waals surface area contributed by atoms with Gasteiger partial charge in [0.25, 0.3) is 5.69 Å². The minimum Gasteiger partial charge on any atom is -0.480 e. The predicted octanol–water partition coefficient (Wildman–Crippen LogP) is -2.16. The molecule has 1 atom stereocenters. The number of carboxylic acids is 6. The molecule has 1 aliphatic rings. The van der Waals surface area contributed by atoms with Crippen molar-refractivity contribution in [3.05, 3.63) is 39.9 Å². The smallest absolute Gasteiger partial charge is 0.317 e. The predicted molar refractivity (Wildman–Crippen MR) is 180 cm³/mol. The first-order valence-corrected chi connectivity index (χ1v) is 16.4. The van der Waals surface area contributed by atoms with Crippen molar-refractivity contribution in [1.82, 2.24) is 29.4 Å². The summed E-state index contributed by atoms with van der Waals surface area (Å²) in [6.07, 6.45) is 0.107. The van der Waals surface area contributed by atoms with Gasteiger partial charge in [0.2, 0.25) is 0 Å². The number of carbonyl (C=O) groups is 6. The van der Waals surface area contributed by atoms with Gasteiger partial charge in [0, 0.05) is 90.2 Å². The van der Waals surface area contributed by atoms with Crippen LogP contribution in [0.5, 0.6) is 0 Å². The molecule has 290 valence electrons. The molecule has 6 N–H and O–H groups in total. The second-order valence-electron chi connectivity index (χ2n) is 12.5. The fourth-order valence-corrected chi connectivity index (χ4v) is 5.87. The lowest BCUT2D eigenvalue weighted by molar-refractivity contribution is -0.384. The van der Waals surface area contributed by atoms with Crippen LogP contribution in [0.2, 0.25) is 0 Å². The van der Waals surface area contributed by atoms with E-state index in [1.807, 2.05) is 0 Å². The minimum absolute atomic E-state index is 0.00765. The number of aliphatic carboxylic acids is 6. The van der Waals surface area contributed by atoms with Gasteiger partial charge in [0.05, 0.1) is 44.2 Å². The second kappa shape index (κ2) is 22.2. The van der Waals surface area contributed by atoms with Gasteiger partial charge in [-0.1, -0.05) is 12.1 Å². The van der Waals surface area contributed by atoms with Crippen molar-refractivity contribution >= 4 is 41.5 Å². The highest BCUT2D eigenvalue weighted by Crippen LogP contribution is 2.17. The first-order valence-electron chi connectivity index (χ1n) is 16.4. The van der Waals surface area contributed by atoms with Gasteiger partial charge in [-0.3, -0.25) is 68.3 Å². The van der Waals surface area contributed by atoms with Gasteiger partial charge in [-0.2, -0.15) is 0 Å². The Kier molecular flexibility index (Phi) is 18.5. The highest BCUT2D eigenvalue weighted by molar-refractivity contribution is 5.71. The molecule has 0 amide bonds. The van der Waals surface area contributed by atoms with Gasteiger partial charge in [-0.05, 0) is 12.0 Å². The monoisotopic (exact) mass is 741 g/mol. The summed E-state index contributed by atoms with van der Waals surface area (Å²) in [5.41, 5.74) is 0.395. The van der Waals surface area contributed by atoms with Crippen LogP contribution in [-0.2, 0) is 35.2 Å². The summed E-state index contributed by atoms with van der Waals surface area (Å²) in [5, 5.41) is 69.2. The molecule has 0 bridgehead atoms. The van der Waals surface area contributed by atoms with Crippen LogP contribution in [0.3, 0.4) is 0 Å². The lowest BCUT2D eigenvalue weighted by Gasteiger charge is -2.37. The number of nitro benzene ring substituents is 1. The number of non-ortho nitro benzene ring substituents is 1. The molecule has 2 rings (SSSR count). The van der Waals surface area contributed by atoms with Crippen LogP contribution in [0.4, 0.5) is 5.69 Å². The molecular weight excluding hydrogens is 694 g/mol. The largest absolute Gasteiger partial charge is 0.480 e. The Balaban J connectivity index is 2.59. The van der Waals surface area contributed by atoms with Crippen molar-refractivity contribution in [3.8, 4) is 0 Å². The van der Waals surface area contributed by atoms with E-state index in [4.69, 9.17) is 0 Å². The van der Waals surface area contributed by atoms with Crippen LogP contribution < -0.4 is 0 Å². The Hall–Kier alpha value is -4.80. The van der Waals surface area contributed by atoms with Crippen molar-refractivity contribution < 1.29 is 64.3 Å². The Morgan fingerprint density at radius 2 is 0.827 bits per heavy atom. The van der Waals surface area contributed by atoms with Gasteiger partial charge in [0.1, 0.15) is 0 Å². The van der Waals surface area contributed by atoms with Crippen LogP contribution in [0.1, 0.15) is 5.56 Å². The van der Waals surface area contributed by atoms with Crippen LogP contribution in [0, 0.1) is 10.1 Å². The number of hydrogen-bond donors (Lipinski definition) is 6. The number of benzene rings is 1. The molecule has 1 saturated heterocycles. The maximum Gasteiger partial charge on any atom is 0.317 e. The van der Waals surface area contributed by atoms with E-state index in [1.165, 1.54) is 48.8 Å². The Morgan fingerprint density at radius 1 is 0.519 bits per heavy atom. The molecular formula is C31H47N7O14. The minimum atomic E-state index is -1.23. The van der Waals surface area contributed by atoms with Crippen molar-refractivity contribution in [2.75, 3.05) is 111 Å². The van der Waals surface area contributed by atoms with Gasteiger partial charge in [-0.15, -0.1) is 0 Å². The zero-order valence-corrected chi connectivity index (χ0v) is 28.7. The lowest BCUT2D eigenvalue weighted by atomic mass is 10.0. The first kappa shape index (κ1) is 43.4. The van der Waals surface area contributed by atoms with E-state index in [0.717, 1.165) is 0 Å². The summed E-state index contributed by atoms with van der Waals surface area (Å²) < 4.78 is 0. The molecule has 0 spiro atoms. The highest BCUT2D eigenvalue weighted by Gasteiger charge is 2.27. The Bertz CT molecular complexity index is 1380. The molecule has 1 aromatic carbocycles. The first-order chi connectivity index (χ1) is 24.5. The normalized spacial score (nSPS) is 19.3. The third-order valence-electron chi connectivity index (χ3n) is 8.37. The molecule has 0 aromatic heterocycles. The second-order valence-corrected chi connectivity index (χ2v) is 12.5. The van der Waals surface area contributed by atoms with Gasteiger partial charge >= 0.3 is 35.8 Å². The van der Waals surface area contributed by atoms with Crippen molar-refractivity contribution in [1.29, 1.82) is 0 Å². The average Bonchev–Trinajstić information content (AvgIpc) is 3.02. The maximum atomic E-state index is 12.1. The fourth-order valence-electron chi connectivity index (χ4n) is 5.87. The maximum absolute atomic E-state index is 12.1. The number of hydrogen-bond acceptors (Lipinski definition) is 14. The zero-order chi connectivity index (χ0) is 38.8. The third-order valence-corrected chi connectivity index (χ3v) is 8.37. The van der Waals surface area contributed by atoms with E-state index in [2.05, 4.69) is 0 Å². The SMILES string of the molecule is O=C(O)CN1CCN(CC(=O)O)CCN(CC(=O)O)CCN(CC(=O)O)C(Cc2ccc([N+](=O)[O-])cc2)CN(CC(=O)O)CCN(CC(=O)O)CC1. The average molecular weight is 742 g/mol.